The summed E-state index contributed by atoms with van der Waals surface area (Å²) in [4.78, 5) is 24.9. The Bertz CT molecular complexity index is 1010. The third-order valence-electron chi connectivity index (χ3n) is 4.12. The van der Waals surface area contributed by atoms with Gasteiger partial charge in [-0.2, -0.15) is 14.5 Å². The number of rotatable bonds is 4. The fraction of sp³-hybridized carbons (Fsp3) is 0.167. The quantitative estimate of drug-likeness (QED) is 0.706. The number of amides is 1. The van der Waals surface area contributed by atoms with Crippen LogP contribution in [0.2, 0.25) is 0 Å². The number of para-hydroxylation sites is 1. The molecule has 8 nitrogen and oxygen atoms in total. The van der Waals surface area contributed by atoms with E-state index < -0.39 is 5.69 Å². The van der Waals surface area contributed by atoms with Gasteiger partial charge in [0.05, 0.1) is 17.9 Å². The summed E-state index contributed by atoms with van der Waals surface area (Å²) < 4.78 is 2.21. The lowest BCUT2D eigenvalue weighted by Gasteiger charge is -2.10. The van der Waals surface area contributed by atoms with Gasteiger partial charge in [-0.1, -0.05) is 48.5 Å². The number of carbonyl (C=O) groups excluding carboxylic acids is 1. The number of benzene rings is 2. The van der Waals surface area contributed by atoms with E-state index in [1.807, 2.05) is 36.4 Å². The van der Waals surface area contributed by atoms with E-state index in [4.69, 9.17) is 0 Å². The minimum Gasteiger partial charge on any atom is -0.271 e. The lowest BCUT2D eigenvalue weighted by Crippen LogP contribution is -2.33. The highest BCUT2D eigenvalue weighted by Gasteiger charge is 2.23. The van der Waals surface area contributed by atoms with Crippen LogP contribution in [0.4, 0.5) is 0 Å². The number of aromatic nitrogens is 4. The summed E-state index contributed by atoms with van der Waals surface area (Å²) in [7, 11) is 0. The normalized spacial score (nSPS) is 13.7. The fourth-order valence-electron chi connectivity index (χ4n) is 2.79. The van der Waals surface area contributed by atoms with E-state index in [0.717, 1.165) is 20.6 Å². The standard InChI is InChI=1S/C18H16N6O2/c25-17(22-12-11-16(19-22)14-7-3-1-4-8-14)13-23-18(26)24(21-20-23)15-9-5-2-6-10-15/h1-10H,11-13H2. The van der Waals surface area contributed by atoms with E-state index in [9.17, 15) is 9.59 Å². The Morgan fingerprint density at radius 3 is 2.38 bits per heavy atom. The number of hydrogen-bond acceptors (Lipinski definition) is 5. The Labute approximate surface area is 149 Å². The maximum Gasteiger partial charge on any atom is 0.368 e. The molecule has 0 atom stereocenters. The van der Waals surface area contributed by atoms with Gasteiger partial charge in [0.25, 0.3) is 5.91 Å². The number of hydrogen-bond donors (Lipinski definition) is 0. The first kappa shape index (κ1) is 15.9. The topological polar surface area (TPSA) is 85.4 Å². The van der Waals surface area contributed by atoms with E-state index in [2.05, 4.69) is 15.5 Å². The van der Waals surface area contributed by atoms with Crippen molar-refractivity contribution in [2.75, 3.05) is 6.54 Å². The zero-order chi connectivity index (χ0) is 17.9. The van der Waals surface area contributed by atoms with E-state index >= 15 is 0 Å². The SMILES string of the molecule is O=C(Cn1nnn(-c2ccccc2)c1=O)N1CCC(c2ccccc2)=N1. The minimum absolute atomic E-state index is 0.197. The van der Waals surface area contributed by atoms with Gasteiger partial charge in [-0.25, -0.2) is 9.80 Å². The van der Waals surface area contributed by atoms with Crippen molar-refractivity contribution in [2.24, 2.45) is 5.10 Å². The first-order valence-electron chi connectivity index (χ1n) is 8.24. The molecule has 0 bridgehead atoms. The fourth-order valence-corrected chi connectivity index (χ4v) is 2.79. The second-order valence-corrected chi connectivity index (χ2v) is 5.85. The van der Waals surface area contributed by atoms with E-state index in [1.165, 1.54) is 5.01 Å². The van der Waals surface area contributed by atoms with Gasteiger partial charge in [0.1, 0.15) is 6.54 Å². The predicted molar refractivity (Wildman–Crippen MR) is 94.9 cm³/mol. The van der Waals surface area contributed by atoms with Crippen molar-refractivity contribution in [2.45, 2.75) is 13.0 Å². The molecule has 2 heterocycles. The number of tetrazole rings is 1. The van der Waals surface area contributed by atoms with E-state index in [1.54, 1.807) is 24.3 Å². The van der Waals surface area contributed by atoms with Crippen molar-refractivity contribution in [3.05, 3.63) is 76.7 Å². The molecule has 0 unspecified atom stereocenters. The first-order chi connectivity index (χ1) is 12.7. The van der Waals surface area contributed by atoms with Crippen molar-refractivity contribution in [1.82, 2.24) is 24.8 Å². The molecule has 0 aliphatic carbocycles. The van der Waals surface area contributed by atoms with Gasteiger partial charge in [0, 0.05) is 6.42 Å². The molecule has 1 aliphatic heterocycles. The van der Waals surface area contributed by atoms with Crippen LogP contribution >= 0.6 is 0 Å². The molecule has 1 amide bonds. The molecule has 1 aromatic heterocycles. The zero-order valence-electron chi connectivity index (χ0n) is 13.9. The van der Waals surface area contributed by atoms with Gasteiger partial charge in [-0.3, -0.25) is 4.79 Å². The summed E-state index contributed by atoms with van der Waals surface area (Å²) in [6.45, 7) is 0.294. The maximum absolute atomic E-state index is 12.5. The monoisotopic (exact) mass is 348 g/mol. The lowest BCUT2D eigenvalue weighted by atomic mass is 10.1. The molecule has 0 saturated heterocycles. The average Bonchev–Trinajstić information content (AvgIpc) is 3.31. The Morgan fingerprint density at radius 1 is 0.962 bits per heavy atom. The minimum atomic E-state index is -0.462. The van der Waals surface area contributed by atoms with Crippen LogP contribution in [0.1, 0.15) is 12.0 Å². The van der Waals surface area contributed by atoms with Crippen molar-refractivity contribution >= 4 is 11.6 Å². The van der Waals surface area contributed by atoms with Crippen molar-refractivity contribution < 1.29 is 4.79 Å². The van der Waals surface area contributed by atoms with Crippen LogP contribution in [0.5, 0.6) is 0 Å². The largest absolute Gasteiger partial charge is 0.368 e. The molecule has 2 aromatic carbocycles. The highest BCUT2D eigenvalue weighted by Crippen LogP contribution is 2.13. The van der Waals surface area contributed by atoms with E-state index in [0.29, 0.717) is 18.7 Å². The highest BCUT2D eigenvalue weighted by atomic mass is 16.2. The zero-order valence-corrected chi connectivity index (χ0v) is 13.9. The summed E-state index contributed by atoms with van der Waals surface area (Å²) in [6.07, 6.45) is 0.682. The Kier molecular flexibility index (Phi) is 4.14. The van der Waals surface area contributed by atoms with Crippen molar-refractivity contribution in [1.29, 1.82) is 0 Å². The molecular formula is C18H16N6O2. The van der Waals surface area contributed by atoms with Gasteiger partial charge in [0.15, 0.2) is 0 Å². The number of nitrogens with zero attached hydrogens (tertiary/aromatic N) is 6. The molecule has 130 valence electrons. The summed E-state index contributed by atoms with van der Waals surface area (Å²) in [5.74, 6) is -0.293. The number of hydrazone groups is 1. The van der Waals surface area contributed by atoms with Gasteiger partial charge in [-0.15, -0.1) is 0 Å². The molecule has 3 aromatic rings. The average molecular weight is 348 g/mol. The molecule has 0 fully saturated rings. The van der Waals surface area contributed by atoms with Crippen molar-refractivity contribution in [3.8, 4) is 5.69 Å². The Morgan fingerprint density at radius 2 is 1.65 bits per heavy atom. The summed E-state index contributed by atoms with van der Waals surface area (Å²) in [6, 6.07) is 18.7. The van der Waals surface area contributed by atoms with Crippen molar-refractivity contribution in [3.63, 3.8) is 0 Å². The maximum atomic E-state index is 12.5. The number of carbonyl (C=O) groups is 1. The van der Waals surface area contributed by atoms with Crippen LogP contribution in [-0.2, 0) is 11.3 Å². The van der Waals surface area contributed by atoms with Gasteiger partial charge in [-0.05, 0) is 28.1 Å². The lowest BCUT2D eigenvalue weighted by molar-refractivity contribution is -0.131. The van der Waals surface area contributed by atoms with Crippen LogP contribution in [0, 0.1) is 0 Å². The third-order valence-corrected chi connectivity index (χ3v) is 4.12. The molecule has 4 rings (SSSR count). The van der Waals surface area contributed by atoms with Crippen LogP contribution in [0.3, 0.4) is 0 Å². The van der Waals surface area contributed by atoms with Crippen LogP contribution in [0.15, 0.2) is 70.6 Å². The van der Waals surface area contributed by atoms with Gasteiger partial charge in [0.2, 0.25) is 0 Å². The highest BCUT2D eigenvalue weighted by molar-refractivity contribution is 6.02. The Balaban J connectivity index is 1.50. The van der Waals surface area contributed by atoms with Gasteiger partial charge < -0.3 is 0 Å². The molecule has 0 spiro atoms. The second kappa shape index (κ2) is 6.75. The van der Waals surface area contributed by atoms with E-state index in [-0.39, 0.29) is 12.5 Å². The molecule has 0 N–H and O–H groups in total. The van der Waals surface area contributed by atoms with Crippen LogP contribution in [-0.4, -0.2) is 43.0 Å². The van der Waals surface area contributed by atoms with Crippen LogP contribution < -0.4 is 5.69 Å². The molecule has 0 saturated carbocycles. The molecule has 1 aliphatic rings. The molecule has 0 radical (unpaired) electrons. The Hall–Kier alpha value is -3.55. The summed E-state index contributed by atoms with van der Waals surface area (Å²) in [5, 5.41) is 13.4. The smallest absolute Gasteiger partial charge is 0.271 e. The molecule has 8 heteroatoms. The second-order valence-electron chi connectivity index (χ2n) is 5.85. The summed E-state index contributed by atoms with van der Waals surface area (Å²) in [5.41, 5.74) is 1.99. The summed E-state index contributed by atoms with van der Waals surface area (Å²) >= 11 is 0. The molecule has 26 heavy (non-hydrogen) atoms. The van der Waals surface area contributed by atoms with Crippen LogP contribution in [0.25, 0.3) is 5.69 Å². The van der Waals surface area contributed by atoms with Gasteiger partial charge >= 0.3 is 5.69 Å². The predicted octanol–water partition coefficient (Wildman–Crippen LogP) is 1.07. The third kappa shape index (κ3) is 3.04. The molecular weight excluding hydrogens is 332 g/mol. The first-order valence-corrected chi connectivity index (χ1v) is 8.24.